The lowest BCUT2D eigenvalue weighted by Gasteiger charge is -2.30. The first-order valence-electron chi connectivity index (χ1n) is 8.72. The molecule has 1 fully saturated rings. The first kappa shape index (κ1) is 17.8. The predicted octanol–water partition coefficient (Wildman–Crippen LogP) is 4.03. The van der Waals surface area contributed by atoms with Crippen molar-refractivity contribution >= 4 is 29.0 Å². The highest BCUT2D eigenvalue weighted by atomic mass is 32.2. The van der Waals surface area contributed by atoms with Crippen LogP contribution in [0.15, 0.2) is 59.5 Å². The molecule has 0 atom stereocenters. The van der Waals surface area contributed by atoms with Gasteiger partial charge in [0.1, 0.15) is 0 Å². The van der Waals surface area contributed by atoms with Crippen LogP contribution in [0.25, 0.3) is 0 Å². The van der Waals surface area contributed by atoms with Crippen molar-refractivity contribution < 1.29 is 9.53 Å². The van der Waals surface area contributed by atoms with Gasteiger partial charge in [0.25, 0.3) is 0 Å². The summed E-state index contributed by atoms with van der Waals surface area (Å²) in [4.78, 5) is 15.8. The van der Waals surface area contributed by atoms with Crippen molar-refractivity contribution in [2.75, 3.05) is 42.3 Å². The minimum atomic E-state index is 0.0781. The first-order chi connectivity index (χ1) is 12.3. The molecule has 0 bridgehead atoms. The second-order valence-corrected chi connectivity index (χ2v) is 7.10. The van der Waals surface area contributed by atoms with E-state index in [-0.39, 0.29) is 5.91 Å². The molecule has 2 aromatic rings. The molecule has 0 aromatic heterocycles. The monoisotopic (exact) mass is 356 g/mol. The third kappa shape index (κ3) is 5.51. The minimum absolute atomic E-state index is 0.0781. The van der Waals surface area contributed by atoms with Crippen LogP contribution in [0.2, 0.25) is 0 Å². The van der Waals surface area contributed by atoms with Crippen LogP contribution in [-0.2, 0) is 9.53 Å². The van der Waals surface area contributed by atoms with Crippen molar-refractivity contribution in [2.45, 2.75) is 17.7 Å². The molecular formula is C20H24N2O2S. The van der Waals surface area contributed by atoms with Gasteiger partial charge in [0.05, 0.1) is 24.6 Å². The SMILES string of the molecule is O=C(CCCSc1ccccc1)Nc1ccccc1N1CCOCC1. The number of hydrogen-bond donors (Lipinski definition) is 1. The number of carbonyl (C=O) groups is 1. The Kier molecular flexibility index (Phi) is 6.77. The summed E-state index contributed by atoms with van der Waals surface area (Å²) in [6, 6.07) is 18.3. The van der Waals surface area contributed by atoms with E-state index in [1.165, 1.54) is 4.90 Å². The van der Waals surface area contributed by atoms with Gasteiger partial charge < -0.3 is 15.0 Å². The minimum Gasteiger partial charge on any atom is -0.378 e. The van der Waals surface area contributed by atoms with E-state index in [4.69, 9.17) is 4.74 Å². The van der Waals surface area contributed by atoms with Crippen LogP contribution in [0, 0.1) is 0 Å². The van der Waals surface area contributed by atoms with Crippen LogP contribution in [0.1, 0.15) is 12.8 Å². The molecule has 4 nitrogen and oxygen atoms in total. The van der Waals surface area contributed by atoms with Gasteiger partial charge in [-0.05, 0) is 36.4 Å². The number of rotatable bonds is 7. The third-order valence-electron chi connectivity index (χ3n) is 4.09. The maximum Gasteiger partial charge on any atom is 0.224 e. The lowest BCUT2D eigenvalue weighted by atomic mass is 10.2. The van der Waals surface area contributed by atoms with Gasteiger partial charge in [-0.1, -0.05) is 30.3 Å². The molecular weight excluding hydrogens is 332 g/mol. The number of nitrogens with zero attached hydrogens (tertiary/aromatic N) is 1. The van der Waals surface area contributed by atoms with Crippen LogP contribution in [-0.4, -0.2) is 38.0 Å². The summed E-state index contributed by atoms with van der Waals surface area (Å²) in [6.45, 7) is 3.19. The highest BCUT2D eigenvalue weighted by Gasteiger charge is 2.15. The lowest BCUT2D eigenvalue weighted by Crippen LogP contribution is -2.36. The van der Waals surface area contributed by atoms with E-state index in [1.807, 2.05) is 36.4 Å². The molecule has 3 rings (SSSR count). The van der Waals surface area contributed by atoms with Crippen molar-refractivity contribution in [3.63, 3.8) is 0 Å². The van der Waals surface area contributed by atoms with Crippen LogP contribution in [0.4, 0.5) is 11.4 Å². The molecule has 1 aliphatic rings. The number of benzene rings is 2. The lowest BCUT2D eigenvalue weighted by molar-refractivity contribution is -0.116. The number of para-hydroxylation sites is 2. The number of hydrogen-bond acceptors (Lipinski definition) is 4. The third-order valence-corrected chi connectivity index (χ3v) is 5.19. The molecule has 1 N–H and O–H groups in total. The largest absolute Gasteiger partial charge is 0.378 e. The molecule has 0 unspecified atom stereocenters. The van der Waals surface area contributed by atoms with Gasteiger partial charge in [-0.3, -0.25) is 4.79 Å². The van der Waals surface area contributed by atoms with Crippen LogP contribution in [0.5, 0.6) is 0 Å². The molecule has 25 heavy (non-hydrogen) atoms. The Morgan fingerprint density at radius 2 is 1.76 bits per heavy atom. The molecule has 0 spiro atoms. The van der Waals surface area contributed by atoms with E-state index >= 15 is 0 Å². The van der Waals surface area contributed by atoms with E-state index in [1.54, 1.807) is 11.8 Å². The average Bonchev–Trinajstić information content (AvgIpc) is 2.67. The zero-order valence-electron chi connectivity index (χ0n) is 14.3. The molecule has 1 aliphatic heterocycles. The second-order valence-electron chi connectivity index (χ2n) is 5.93. The van der Waals surface area contributed by atoms with Crippen LogP contribution in [0.3, 0.4) is 0 Å². The summed E-state index contributed by atoms with van der Waals surface area (Å²) in [5.74, 6) is 1.03. The number of amides is 1. The maximum atomic E-state index is 12.3. The summed E-state index contributed by atoms with van der Waals surface area (Å²) in [7, 11) is 0. The standard InChI is InChI=1S/C20H24N2O2S/c23-20(11-6-16-25-17-7-2-1-3-8-17)21-18-9-4-5-10-19(18)22-12-14-24-15-13-22/h1-5,7-10H,6,11-16H2,(H,21,23). The number of morpholine rings is 1. The van der Waals surface area contributed by atoms with E-state index in [9.17, 15) is 4.79 Å². The Bertz CT molecular complexity index is 672. The smallest absolute Gasteiger partial charge is 0.224 e. The van der Waals surface area contributed by atoms with Gasteiger partial charge >= 0.3 is 0 Å². The number of anilines is 2. The summed E-state index contributed by atoms with van der Waals surface area (Å²) in [5, 5.41) is 3.08. The van der Waals surface area contributed by atoms with Gasteiger partial charge in [-0.25, -0.2) is 0 Å². The number of carbonyl (C=O) groups excluding carboxylic acids is 1. The zero-order valence-corrected chi connectivity index (χ0v) is 15.1. The van der Waals surface area contributed by atoms with Crippen LogP contribution >= 0.6 is 11.8 Å². The second kappa shape index (κ2) is 9.49. The van der Waals surface area contributed by atoms with Gasteiger partial charge in [-0.2, -0.15) is 0 Å². The van der Waals surface area contributed by atoms with Gasteiger partial charge in [0.2, 0.25) is 5.91 Å². The molecule has 2 aromatic carbocycles. The highest BCUT2D eigenvalue weighted by molar-refractivity contribution is 7.99. The van der Waals surface area contributed by atoms with Gasteiger partial charge in [0.15, 0.2) is 0 Å². The molecule has 1 heterocycles. The van der Waals surface area contributed by atoms with Crippen molar-refractivity contribution in [3.8, 4) is 0 Å². The quantitative estimate of drug-likeness (QED) is 0.601. The summed E-state index contributed by atoms with van der Waals surface area (Å²) >= 11 is 1.79. The van der Waals surface area contributed by atoms with Crippen molar-refractivity contribution in [3.05, 3.63) is 54.6 Å². The maximum absolute atomic E-state index is 12.3. The molecule has 0 aliphatic carbocycles. The van der Waals surface area contributed by atoms with Gasteiger partial charge in [0, 0.05) is 24.4 Å². The Morgan fingerprint density at radius 3 is 2.56 bits per heavy atom. The highest BCUT2D eigenvalue weighted by Crippen LogP contribution is 2.26. The molecule has 1 amide bonds. The molecule has 132 valence electrons. The van der Waals surface area contributed by atoms with Crippen LogP contribution < -0.4 is 10.2 Å². The van der Waals surface area contributed by atoms with E-state index < -0.39 is 0 Å². The number of nitrogens with one attached hydrogen (secondary N) is 1. The van der Waals surface area contributed by atoms with E-state index in [2.05, 4.69) is 28.4 Å². The fraction of sp³-hybridized carbons (Fsp3) is 0.350. The van der Waals surface area contributed by atoms with E-state index in [0.29, 0.717) is 6.42 Å². The first-order valence-corrected chi connectivity index (χ1v) is 9.71. The Morgan fingerprint density at radius 1 is 1.04 bits per heavy atom. The normalized spacial score (nSPS) is 14.3. The fourth-order valence-electron chi connectivity index (χ4n) is 2.81. The molecule has 1 saturated heterocycles. The summed E-state index contributed by atoms with van der Waals surface area (Å²) in [5.41, 5.74) is 1.97. The van der Waals surface area contributed by atoms with Crippen molar-refractivity contribution in [2.24, 2.45) is 0 Å². The summed E-state index contributed by atoms with van der Waals surface area (Å²) < 4.78 is 5.41. The molecule has 5 heteroatoms. The summed E-state index contributed by atoms with van der Waals surface area (Å²) in [6.07, 6.45) is 1.41. The molecule has 0 radical (unpaired) electrons. The Labute approximate surface area is 153 Å². The Hall–Kier alpha value is -1.98. The average molecular weight is 356 g/mol. The number of thioether (sulfide) groups is 1. The Balaban J connectivity index is 1.47. The topological polar surface area (TPSA) is 41.6 Å². The molecule has 0 saturated carbocycles. The van der Waals surface area contributed by atoms with Crippen molar-refractivity contribution in [1.82, 2.24) is 0 Å². The van der Waals surface area contributed by atoms with Crippen molar-refractivity contribution in [1.29, 1.82) is 0 Å². The van der Waals surface area contributed by atoms with E-state index in [0.717, 1.165) is 49.9 Å². The fourth-order valence-corrected chi connectivity index (χ4v) is 3.69. The number of ether oxygens (including phenoxy) is 1. The predicted molar refractivity (Wildman–Crippen MR) is 105 cm³/mol. The van der Waals surface area contributed by atoms with Gasteiger partial charge in [-0.15, -0.1) is 11.8 Å². The zero-order chi connectivity index (χ0) is 17.3.